The summed E-state index contributed by atoms with van der Waals surface area (Å²) in [7, 11) is 0. The molecule has 47 heavy (non-hydrogen) atoms. The van der Waals surface area contributed by atoms with E-state index < -0.39 is 89.0 Å². The molecule has 8 N–H and O–H groups in total. The molecule has 1 aliphatic heterocycles. The Bertz CT molecular complexity index is 1220. The summed E-state index contributed by atoms with van der Waals surface area (Å²) >= 11 is 0. The van der Waals surface area contributed by atoms with Crippen LogP contribution >= 0.6 is 0 Å². The summed E-state index contributed by atoms with van der Waals surface area (Å²) in [6, 6.07) is 0. The highest BCUT2D eigenvalue weighted by Crippen LogP contribution is 2.75. The van der Waals surface area contributed by atoms with E-state index in [9.17, 15) is 45.6 Å². The number of fused-ring (bicyclic) bond motifs is 5. The summed E-state index contributed by atoms with van der Waals surface area (Å²) in [5.41, 5.74) is -3.70. The van der Waals surface area contributed by atoms with Crippen molar-refractivity contribution in [3.05, 3.63) is 11.6 Å². The van der Waals surface area contributed by atoms with Gasteiger partial charge in [0.15, 0.2) is 12.1 Å². The Kier molecular flexibility index (Phi) is 9.57. The number of aliphatic hydroxyl groups excluding tert-OH is 6. The Hall–Kier alpha value is -0.990. The first-order valence-corrected chi connectivity index (χ1v) is 17.5. The number of allylic oxidation sites excluding steroid dienone is 1. The van der Waals surface area contributed by atoms with Crippen LogP contribution in [0.5, 0.6) is 0 Å². The molecule has 4 aliphatic carbocycles. The number of aliphatic hydroxyl groups is 8. The largest absolute Gasteiger partial charge is 0.394 e. The standard InChI is InChI=1S/C36H60O11/c1-31(2,44)12-11-24(39)36(8,45)28-20(38)16-35(7)23-10-9-18-19(33(23,5)13-14-34(28,35)6)15-21(29(43)32(18,3)4)46-30-27(42)26(41)25(40)22(17-37)47-30/h9,19-23,25-30,37-38,40-45H,10-17H2,1-8H3. The van der Waals surface area contributed by atoms with Gasteiger partial charge < -0.3 is 50.3 Å². The molecule has 11 heteroatoms. The van der Waals surface area contributed by atoms with Crippen LogP contribution in [-0.2, 0) is 14.3 Å². The normalized spacial score (nSPS) is 49.3. The van der Waals surface area contributed by atoms with Crippen LogP contribution in [0.4, 0.5) is 0 Å². The Balaban J connectivity index is 1.45. The average molecular weight is 669 g/mol. The van der Waals surface area contributed by atoms with Crippen molar-refractivity contribution >= 4 is 5.78 Å². The Morgan fingerprint density at radius 3 is 2.19 bits per heavy atom. The van der Waals surface area contributed by atoms with Crippen LogP contribution in [0.1, 0.15) is 100 Å². The molecule has 15 unspecified atom stereocenters. The third-order valence-electron chi connectivity index (χ3n) is 14.1. The van der Waals surface area contributed by atoms with Crippen molar-refractivity contribution < 1.29 is 55.1 Å². The first-order valence-electron chi connectivity index (χ1n) is 17.5. The van der Waals surface area contributed by atoms with E-state index in [4.69, 9.17) is 9.47 Å². The molecule has 0 aromatic heterocycles. The quantitative estimate of drug-likeness (QED) is 0.175. The van der Waals surface area contributed by atoms with Crippen molar-refractivity contribution in [1.29, 1.82) is 0 Å². The number of Topliss-reactive ketones (excluding diaryl/α,β-unsaturated/α-hetero) is 1. The molecule has 1 saturated heterocycles. The van der Waals surface area contributed by atoms with Gasteiger partial charge in [-0.2, -0.15) is 0 Å². The van der Waals surface area contributed by atoms with Gasteiger partial charge in [-0.05, 0) is 87.4 Å². The maximum Gasteiger partial charge on any atom is 0.187 e. The molecule has 0 aromatic rings. The number of hydrogen-bond donors (Lipinski definition) is 8. The van der Waals surface area contributed by atoms with Crippen molar-refractivity contribution in [2.45, 2.75) is 161 Å². The molecule has 0 bridgehead atoms. The number of carbonyl (C=O) groups excluding carboxylic acids is 1. The summed E-state index contributed by atoms with van der Waals surface area (Å²) in [6.45, 7) is 14.7. The van der Waals surface area contributed by atoms with Crippen LogP contribution in [0.3, 0.4) is 0 Å². The minimum absolute atomic E-state index is 0.00900. The number of rotatable bonds is 8. The van der Waals surface area contributed by atoms with E-state index in [2.05, 4.69) is 26.8 Å². The summed E-state index contributed by atoms with van der Waals surface area (Å²) in [4.78, 5) is 13.5. The summed E-state index contributed by atoms with van der Waals surface area (Å²) in [6.07, 6.45) is -4.43. The first-order chi connectivity index (χ1) is 21.5. The van der Waals surface area contributed by atoms with E-state index in [0.717, 1.165) is 18.4 Å². The molecule has 3 saturated carbocycles. The van der Waals surface area contributed by atoms with Crippen LogP contribution in [0, 0.1) is 39.4 Å². The third kappa shape index (κ3) is 5.69. The molecule has 1 heterocycles. The SMILES string of the molecule is CC(C)(O)CCC(=O)C(C)(O)C1C(O)CC2(C)C3CC=C4C(CC(OC5OC(CO)C(O)C(O)C5O)C(O)C4(C)C)C3(C)CCC12C. The minimum Gasteiger partial charge on any atom is -0.394 e. The van der Waals surface area contributed by atoms with Crippen LogP contribution in [-0.4, -0.2) is 113 Å². The van der Waals surface area contributed by atoms with E-state index in [1.807, 2.05) is 13.8 Å². The molecule has 5 rings (SSSR count). The summed E-state index contributed by atoms with van der Waals surface area (Å²) in [5, 5.41) is 86.5. The van der Waals surface area contributed by atoms with Crippen LogP contribution in [0.2, 0.25) is 0 Å². The molecular formula is C36H60O11. The number of ketones is 1. The van der Waals surface area contributed by atoms with Crippen molar-refractivity contribution in [3.8, 4) is 0 Å². The van der Waals surface area contributed by atoms with Gasteiger partial charge in [-0.15, -0.1) is 0 Å². The predicted molar refractivity (Wildman–Crippen MR) is 172 cm³/mol. The molecule has 0 aromatic carbocycles. The molecule has 0 radical (unpaired) electrons. The van der Waals surface area contributed by atoms with Gasteiger partial charge in [-0.1, -0.05) is 46.3 Å². The van der Waals surface area contributed by atoms with Gasteiger partial charge in [-0.3, -0.25) is 4.79 Å². The van der Waals surface area contributed by atoms with Gasteiger partial charge in [-0.25, -0.2) is 0 Å². The molecule has 11 nitrogen and oxygen atoms in total. The Labute approximate surface area is 279 Å². The first kappa shape index (κ1) is 37.3. The summed E-state index contributed by atoms with van der Waals surface area (Å²) in [5.74, 6) is -1.02. The van der Waals surface area contributed by atoms with Crippen molar-refractivity contribution in [3.63, 3.8) is 0 Å². The molecule has 4 fully saturated rings. The van der Waals surface area contributed by atoms with E-state index in [1.165, 1.54) is 6.92 Å². The lowest BCUT2D eigenvalue weighted by Crippen LogP contribution is -2.64. The fourth-order valence-electron chi connectivity index (χ4n) is 11.1. The lowest BCUT2D eigenvalue weighted by atomic mass is 9.38. The van der Waals surface area contributed by atoms with E-state index in [-0.39, 0.29) is 35.9 Å². The van der Waals surface area contributed by atoms with Gasteiger partial charge in [0.25, 0.3) is 0 Å². The van der Waals surface area contributed by atoms with Gasteiger partial charge in [0, 0.05) is 17.8 Å². The Morgan fingerprint density at radius 2 is 1.60 bits per heavy atom. The number of hydrogen-bond acceptors (Lipinski definition) is 11. The zero-order valence-corrected chi connectivity index (χ0v) is 29.4. The maximum absolute atomic E-state index is 13.5. The van der Waals surface area contributed by atoms with Gasteiger partial charge in [0.1, 0.15) is 30.0 Å². The highest BCUT2D eigenvalue weighted by molar-refractivity contribution is 5.87. The topological polar surface area (TPSA) is 197 Å². The zero-order chi connectivity index (χ0) is 35.3. The van der Waals surface area contributed by atoms with E-state index in [0.29, 0.717) is 19.3 Å². The van der Waals surface area contributed by atoms with Crippen molar-refractivity contribution in [1.82, 2.24) is 0 Å². The van der Waals surface area contributed by atoms with Gasteiger partial charge in [0.05, 0.1) is 30.5 Å². The monoisotopic (exact) mass is 668 g/mol. The van der Waals surface area contributed by atoms with Gasteiger partial charge in [0.2, 0.25) is 0 Å². The minimum atomic E-state index is -1.78. The van der Waals surface area contributed by atoms with Crippen LogP contribution in [0.15, 0.2) is 11.6 Å². The number of ether oxygens (including phenoxy) is 2. The maximum atomic E-state index is 13.5. The second-order valence-electron chi connectivity index (χ2n) is 17.7. The lowest BCUT2D eigenvalue weighted by Gasteiger charge is -2.66. The van der Waals surface area contributed by atoms with E-state index in [1.54, 1.807) is 13.8 Å². The van der Waals surface area contributed by atoms with Gasteiger partial charge >= 0.3 is 0 Å². The molecule has 5 aliphatic rings. The number of carbonyl (C=O) groups is 1. The average Bonchev–Trinajstić information content (AvgIpc) is 3.19. The van der Waals surface area contributed by atoms with E-state index >= 15 is 0 Å². The highest BCUT2D eigenvalue weighted by atomic mass is 16.7. The van der Waals surface area contributed by atoms with Crippen molar-refractivity contribution in [2.75, 3.05) is 6.61 Å². The lowest BCUT2D eigenvalue weighted by molar-refractivity contribution is -0.324. The van der Waals surface area contributed by atoms with Crippen LogP contribution in [0.25, 0.3) is 0 Å². The molecular weight excluding hydrogens is 608 g/mol. The predicted octanol–water partition coefficient (Wildman–Crippen LogP) is 1.59. The molecule has 15 atom stereocenters. The molecule has 0 amide bonds. The smallest absolute Gasteiger partial charge is 0.187 e. The third-order valence-corrected chi connectivity index (χ3v) is 14.1. The summed E-state index contributed by atoms with van der Waals surface area (Å²) < 4.78 is 11.9. The van der Waals surface area contributed by atoms with Crippen molar-refractivity contribution in [2.24, 2.45) is 39.4 Å². The highest BCUT2D eigenvalue weighted by Gasteiger charge is 2.72. The fourth-order valence-corrected chi connectivity index (χ4v) is 11.1. The second-order valence-corrected chi connectivity index (χ2v) is 17.7. The fraction of sp³-hybridized carbons (Fsp3) is 0.917. The molecule has 270 valence electrons. The molecule has 0 spiro atoms. The van der Waals surface area contributed by atoms with Crippen LogP contribution < -0.4 is 0 Å². The Morgan fingerprint density at radius 1 is 0.957 bits per heavy atom. The zero-order valence-electron chi connectivity index (χ0n) is 29.4. The second kappa shape index (κ2) is 12.1.